The van der Waals surface area contributed by atoms with Crippen LogP contribution >= 0.6 is 36.7 Å². The summed E-state index contributed by atoms with van der Waals surface area (Å²) in [6, 6.07) is 34.8. The number of anilines is 6. The Hall–Kier alpha value is -5.79. The van der Waals surface area contributed by atoms with Gasteiger partial charge in [-0.25, -0.2) is 0 Å². The number of hydrogen-bond donors (Lipinski definition) is 8. The van der Waals surface area contributed by atoms with Crippen LogP contribution in [-0.4, -0.2) is 41.3 Å². The summed E-state index contributed by atoms with van der Waals surface area (Å²) >= 11 is 16.4. The Labute approximate surface area is 365 Å². The first-order valence-electron chi connectivity index (χ1n) is 18.1. The molecular formula is C43H40N6O6S5. The van der Waals surface area contributed by atoms with Crippen molar-refractivity contribution in [2.75, 3.05) is 31.9 Å². The van der Waals surface area contributed by atoms with Crippen LogP contribution in [0.4, 0.5) is 34.1 Å². The summed E-state index contributed by atoms with van der Waals surface area (Å²) in [5, 5.41) is 19.0. The average molecular weight is 897 g/mol. The van der Waals surface area contributed by atoms with Gasteiger partial charge in [0.25, 0.3) is 20.2 Å². The first kappa shape index (κ1) is 43.8. The van der Waals surface area contributed by atoms with Crippen molar-refractivity contribution in [1.82, 2.24) is 0 Å². The Bertz CT molecular complexity index is 2870. The molecule has 6 aromatic rings. The fourth-order valence-electron chi connectivity index (χ4n) is 6.31. The van der Waals surface area contributed by atoms with Crippen LogP contribution in [0.1, 0.15) is 22.3 Å². The monoisotopic (exact) mass is 896 g/mol. The third-order valence-electron chi connectivity index (χ3n) is 9.20. The molecule has 60 heavy (non-hydrogen) atoms. The van der Waals surface area contributed by atoms with Gasteiger partial charge in [0.15, 0.2) is 15.3 Å². The average Bonchev–Trinajstić information content (AvgIpc) is 3.16. The van der Waals surface area contributed by atoms with Gasteiger partial charge in [-0.3, -0.25) is 9.11 Å². The highest BCUT2D eigenvalue weighted by atomic mass is 32.2. The summed E-state index contributed by atoms with van der Waals surface area (Å²) in [4.78, 5) is -0.640. The molecule has 0 bridgehead atoms. The van der Waals surface area contributed by atoms with E-state index in [4.69, 9.17) is 36.7 Å². The number of aryl methyl sites for hydroxylation is 4. The first-order chi connectivity index (χ1) is 28.3. The molecule has 0 fully saturated rings. The van der Waals surface area contributed by atoms with Gasteiger partial charge in [-0.2, -0.15) is 16.8 Å². The van der Waals surface area contributed by atoms with E-state index in [1.807, 2.05) is 75.4 Å². The number of thiocarbonyl (C=S) groups is 3. The van der Waals surface area contributed by atoms with Crippen molar-refractivity contribution in [2.45, 2.75) is 37.5 Å². The van der Waals surface area contributed by atoms with E-state index >= 15 is 0 Å². The van der Waals surface area contributed by atoms with Gasteiger partial charge in [0.05, 0.1) is 0 Å². The minimum absolute atomic E-state index is 0.113. The molecule has 0 heterocycles. The van der Waals surface area contributed by atoms with Crippen molar-refractivity contribution in [2.24, 2.45) is 0 Å². The smallest absolute Gasteiger partial charge is 0.295 e. The van der Waals surface area contributed by atoms with Crippen LogP contribution in [0.2, 0.25) is 0 Å². The van der Waals surface area contributed by atoms with Crippen molar-refractivity contribution in [3.05, 3.63) is 144 Å². The highest BCUT2D eigenvalue weighted by Gasteiger charge is 2.21. The van der Waals surface area contributed by atoms with Crippen molar-refractivity contribution in [3.8, 4) is 22.3 Å². The molecule has 0 aromatic heterocycles. The zero-order chi connectivity index (χ0) is 43.4. The third kappa shape index (κ3) is 11.3. The van der Waals surface area contributed by atoms with E-state index in [1.165, 1.54) is 12.1 Å². The van der Waals surface area contributed by atoms with Gasteiger partial charge >= 0.3 is 0 Å². The molecule has 17 heteroatoms. The predicted octanol–water partition coefficient (Wildman–Crippen LogP) is 10.2. The number of hydrogen-bond acceptors (Lipinski definition) is 7. The molecule has 0 saturated heterocycles. The van der Waals surface area contributed by atoms with E-state index in [9.17, 15) is 25.9 Å². The molecule has 8 N–H and O–H groups in total. The van der Waals surface area contributed by atoms with E-state index in [1.54, 1.807) is 61.5 Å². The molecule has 12 nitrogen and oxygen atoms in total. The van der Waals surface area contributed by atoms with Gasteiger partial charge in [0.2, 0.25) is 0 Å². The topological polar surface area (TPSA) is 181 Å². The molecule has 0 aliphatic heterocycles. The van der Waals surface area contributed by atoms with Gasteiger partial charge in [-0.15, -0.1) is 0 Å². The van der Waals surface area contributed by atoms with Crippen LogP contribution in [0, 0.1) is 27.7 Å². The van der Waals surface area contributed by atoms with Crippen molar-refractivity contribution in [3.63, 3.8) is 0 Å². The molecule has 0 atom stereocenters. The van der Waals surface area contributed by atoms with E-state index in [0.717, 1.165) is 28.1 Å². The van der Waals surface area contributed by atoms with E-state index in [0.29, 0.717) is 44.6 Å². The quantitative estimate of drug-likeness (QED) is 0.0480. The van der Waals surface area contributed by atoms with Crippen molar-refractivity contribution >= 4 is 106 Å². The molecule has 0 saturated carbocycles. The maximum Gasteiger partial charge on any atom is 0.295 e. The maximum absolute atomic E-state index is 12.7. The highest BCUT2D eigenvalue weighted by Crippen LogP contribution is 2.35. The second-order valence-corrected chi connectivity index (χ2v) is 17.9. The molecule has 0 radical (unpaired) electrons. The lowest BCUT2D eigenvalue weighted by Crippen LogP contribution is -2.19. The van der Waals surface area contributed by atoms with Gasteiger partial charge in [-0.1, -0.05) is 59.7 Å². The zero-order valence-corrected chi connectivity index (χ0v) is 36.7. The second kappa shape index (κ2) is 18.2. The lowest BCUT2D eigenvalue weighted by atomic mass is 9.99. The highest BCUT2D eigenvalue weighted by molar-refractivity contribution is 7.86. The Morgan fingerprint density at radius 3 is 0.917 bits per heavy atom. The second-order valence-electron chi connectivity index (χ2n) is 13.9. The lowest BCUT2D eigenvalue weighted by molar-refractivity contribution is 0.481. The Kier molecular flexibility index (Phi) is 13.3. The Morgan fingerprint density at radius 2 is 0.633 bits per heavy atom. The molecular weight excluding hydrogens is 857 g/mol. The summed E-state index contributed by atoms with van der Waals surface area (Å²) in [6.45, 7) is 7.56. The third-order valence-corrected chi connectivity index (χ3v) is 11.6. The fourth-order valence-corrected chi connectivity index (χ4v) is 8.48. The SMILES string of the molecule is Cc1ccc(NC(=S)Nc2ccc(-c3ccc(NC(=S)Nc4ccc(-c5ccc(NC(=S)Nc6ccc(C)cc6)cc5S(=O)(=O)O)c(C)c4)cc3S(=O)(=O)O)c(C)c2)cc1. The lowest BCUT2D eigenvalue weighted by Gasteiger charge is -2.17. The van der Waals surface area contributed by atoms with E-state index in [-0.39, 0.29) is 31.1 Å². The molecule has 0 aliphatic rings. The predicted molar refractivity (Wildman–Crippen MR) is 255 cm³/mol. The number of benzene rings is 6. The minimum Gasteiger partial charge on any atom is -0.332 e. The number of rotatable bonds is 10. The van der Waals surface area contributed by atoms with Gasteiger partial charge in [0, 0.05) is 45.3 Å². The summed E-state index contributed by atoms with van der Waals surface area (Å²) in [6.07, 6.45) is 0. The summed E-state index contributed by atoms with van der Waals surface area (Å²) in [7, 11) is -9.34. The number of nitrogens with one attached hydrogen (secondary N) is 6. The van der Waals surface area contributed by atoms with E-state index in [2.05, 4.69) is 31.9 Å². The van der Waals surface area contributed by atoms with Crippen LogP contribution in [0.5, 0.6) is 0 Å². The molecule has 6 aromatic carbocycles. The van der Waals surface area contributed by atoms with Crippen molar-refractivity contribution < 1.29 is 25.9 Å². The molecule has 0 unspecified atom stereocenters. The van der Waals surface area contributed by atoms with Crippen LogP contribution in [0.3, 0.4) is 0 Å². The van der Waals surface area contributed by atoms with Gasteiger partial charge in [-0.05, 0) is 159 Å². The summed E-state index contributed by atoms with van der Waals surface area (Å²) in [5.74, 6) is 0. The Balaban J connectivity index is 1.14. The van der Waals surface area contributed by atoms with Gasteiger partial charge < -0.3 is 31.9 Å². The molecule has 0 spiro atoms. The molecule has 0 amide bonds. The van der Waals surface area contributed by atoms with Gasteiger partial charge in [0.1, 0.15) is 9.79 Å². The molecule has 6 rings (SSSR count). The van der Waals surface area contributed by atoms with Crippen LogP contribution in [0.15, 0.2) is 131 Å². The Morgan fingerprint density at radius 1 is 0.383 bits per heavy atom. The fraction of sp³-hybridized carbons (Fsp3) is 0.0930. The summed E-state index contributed by atoms with van der Waals surface area (Å²) < 4.78 is 71.0. The molecule has 0 aliphatic carbocycles. The molecule has 308 valence electrons. The van der Waals surface area contributed by atoms with Crippen molar-refractivity contribution in [1.29, 1.82) is 0 Å². The zero-order valence-electron chi connectivity index (χ0n) is 32.6. The van der Waals surface area contributed by atoms with E-state index < -0.39 is 20.2 Å². The first-order valence-corrected chi connectivity index (χ1v) is 22.3. The standard InChI is InChI=1S/C43H40N6O6S5/c1-25-5-9-29(10-6-25)44-41(56)46-31-13-17-35(27(3)21-31)38-20-16-34(24-40(38)60(53,54)55)49-43(58)47-32-14-18-36(28(4)22-32)37-19-15-33(23-39(37)59(50,51)52)48-42(57)45-30-11-7-26(2)8-12-30/h5-24H,1-4H3,(H2,44,46,56)(H2,45,48,57)(H2,47,49,58)(H,50,51,52)(H,53,54,55). The van der Waals surface area contributed by atoms with Crippen LogP contribution in [-0.2, 0) is 20.2 Å². The normalized spacial score (nSPS) is 11.3. The largest absolute Gasteiger partial charge is 0.332 e. The minimum atomic E-state index is -4.68. The maximum atomic E-state index is 12.7. The summed E-state index contributed by atoms with van der Waals surface area (Å²) in [5.41, 5.74) is 8.71. The van der Waals surface area contributed by atoms with Crippen LogP contribution < -0.4 is 31.9 Å². The van der Waals surface area contributed by atoms with Crippen LogP contribution in [0.25, 0.3) is 22.3 Å².